The first-order valence-electron chi connectivity index (χ1n) is 9.76. The summed E-state index contributed by atoms with van der Waals surface area (Å²) in [4.78, 5) is 2.30. The Morgan fingerprint density at radius 3 is 2.79 bits per heavy atom. The number of hydrogen-bond acceptors (Lipinski definition) is 6. The van der Waals surface area contributed by atoms with Crippen LogP contribution in [0, 0.1) is 0 Å². The van der Waals surface area contributed by atoms with E-state index < -0.39 is 0 Å². The summed E-state index contributed by atoms with van der Waals surface area (Å²) in [7, 11) is 1.92. The fourth-order valence-electron chi connectivity index (χ4n) is 3.64. The molecule has 0 amide bonds. The highest BCUT2D eigenvalue weighted by Gasteiger charge is 2.40. The van der Waals surface area contributed by atoms with E-state index in [1.54, 1.807) is 0 Å². The fourth-order valence-corrected chi connectivity index (χ4v) is 3.64. The number of allylic oxidation sites excluding steroid dienone is 1. The van der Waals surface area contributed by atoms with Crippen LogP contribution < -0.4 is 4.74 Å². The summed E-state index contributed by atoms with van der Waals surface area (Å²) in [5.41, 5.74) is 4.56. The molecule has 0 unspecified atom stereocenters. The normalized spacial score (nSPS) is 21.6. The number of hydrazone groups is 1. The first-order valence-corrected chi connectivity index (χ1v) is 9.76. The maximum atomic E-state index is 6.14. The molecule has 0 spiro atoms. The molecule has 0 bridgehead atoms. The molecule has 146 valence electrons. The van der Waals surface area contributed by atoms with Gasteiger partial charge in [0.1, 0.15) is 22.8 Å². The lowest BCUT2D eigenvalue weighted by atomic mass is 10.1. The van der Waals surface area contributed by atoms with E-state index in [2.05, 4.69) is 40.7 Å². The zero-order valence-corrected chi connectivity index (χ0v) is 16.4. The number of fused-ring (bicyclic) bond motifs is 1. The van der Waals surface area contributed by atoms with Gasteiger partial charge in [0.25, 0.3) is 0 Å². The molecule has 2 aromatic rings. The minimum Gasteiger partial charge on any atom is -0.488 e. The number of ether oxygens (including phenoxy) is 2. The molecule has 28 heavy (non-hydrogen) atoms. The molecule has 2 fully saturated rings. The van der Waals surface area contributed by atoms with Crippen molar-refractivity contribution in [2.24, 2.45) is 5.10 Å². The van der Waals surface area contributed by atoms with Gasteiger partial charge < -0.3 is 14.4 Å². The predicted molar refractivity (Wildman–Crippen MR) is 108 cm³/mol. The molecule has 1 N–H and O–H groups in total. The average Bonchev–Trinajstić information content (AvgIpc) is 3.27. The highest BCUT2D eigenvalue weighted by Crippen LogP contribution is 2.40. The van der Waals surface area contributed by atoms with Crippen LogP contribution in [0.1, 0.15) is 25.5 Å². The number of benzene rings is 1. The van der Waals surface area contributed by atoms with Gasteiger partial charge in [0, 0.05) is 25.5 Å². The van der Waals surface area contributed by atoms with Crippen LogP contribution in [0.15, 0.2) is 47.3 Å². The molecule has 0 atom stereocenters. The number of nitrogens with one attached hydrogen (secondary N) is 1. The van der Waals surface area contributed by atoms with Crippen LogP contribution in [-0.2, 0) is 4.74 Å². The van der Waals surface area contributed by atoms with Gasteiger partial charge in [0.15, 0.2) is 0 Å². The fraction of sp³-hybridized carbons (Fsp3) is 0.429. The Labute approximate surface area is 164 Å². The summed E-state index contributed by atoms with van der Waals surface area (Å²) >= 11 is 0. The molecule has 1 aromatic carbocycles. The van der Waals surface area contributed by atoms with Crippen LogP contribution in [-0.4, -0.2) is 64.8 Å². The minimum absolute atomic E-state index is 0.0126. The first kappa shape index (κ1) is 17.3. The molecular weight excluding hydrogens is 354 g/mol. The van der Waals surface area contributed by atoms with Crippen molar-refractivity contribution in [3.8, 4) is 5.75 Å². The lowest BCUT2D eigenvalue weighted by Crippen LogP contribution is -2.39. The smallest absolute Gasteiger partial charge is 0.120 e. The standard InChI is InChI=1S/C21H25N5O2/c1-14-19(26-8-10-27-11-9-26)13-18(24-25(14)3)20-16-12-15(28-21(2)6-7-21)4-5-17(16)22-23-20/h4-5,12-13H,1,6-11H2,2-3H3,(H,22,23). The maximum Gasteiger partial charge on any atom is 0.120 e. The van der Waals surface area contributed by atoms with Crippen LogP contribution >= 0.6 is 0 Å². The molecule has 2 aliphatic heterocycles. The van der Waals surface area contributed by atoms with Crippen molar-refractivity contribution >= 4 is 16.6 Å². The van der Waals surface area contributed by atoms with E-state index in [0.29, 0.717) is 0 Å². The van der Waals surface area contributed by atoms with Crippen LogP contribution in [0.5, 0.6) is 5.75 Å². The summed E-state index contributed by atoms with van der Waals surface area (Å²) in [6, 6.07) is 6.08. The summed E-state index contributed by atoms with van der Waals surface area (Å²) < 4.78 is 11.6. The number of likely N-dealkylation sites (N-methyl/N-ethyl adjacent to an activating group) is 1. The molecular formula is C21H25N5O2. The summed E-state index contributed by atoms with van der Waals surface area (Å²) in [5.74, 6) is 0.877. The quantitative estimate of drug-likeness (QED) is 0.885. The highest BCUT2D eigenvalue weighted by molar-refractivity contribution is 6.15. The average molecular weight is 379 g/mol. The Morgan fingerprint density at radius 1 is 1.25 bits per heavy atom. The second kappa shape index (κ2) is 6.38. The summed E-state index contributed by atoms with van der Waals surface area (Å²) in [5, 5.41) is 15.2. The summed E-state index contributed by atoms with van der Waals surface area (Å²) in [6.07, 6.45) is 4.29. The summed E-state index contributed by atoms with van der Waals surface area (Å²) in [6.45, 7) is 9.52. The predicted octanol–water partition coefficient (Wildman–Crippen LogP) is 2.87. The van der Waals surface area contributed by atoms with Crippen molar-refractivity contribution in [2.75, 3.05) is 33.4 Å². The number of H-pyrrole nitrogens is 1. The van der Waals surface area contributed by atoms with E-state index in [0.717, 1.165) is 78.6 Å². The molecule has 1 aliphatic carbocycles. The lowest BCUT2D eigenvalue weighted by Gasteiger charge is -2.35. The van der Waals surface area contributed by atoms with Gasteiger partial charge >= 0.3 is 0 Å². The van der Waals surface area contributed by atoms with Crippen molar-refractivity contribution in [3.05, 3.63) is 47.9 Å². The maximum absolute atomic E-state index is 6.14. The van der Waals surface area contributed by atoms with Gasteiger partial charge in [0.05, 0.1) is 30.1 Å². The zero-order valence-electron chi connectivity index (χ0n) is 16.4. The SMILES string of the molecule is C=C1C(N2CCOCC2)=CC(c2n[nH]c3ccc(OC4(C)CC4)cc23)=NN1C. The number of nitrogens with zero attached hydrogens (tertiary/aromatic N) is 4. The number of aromatic nitrogens is 2. The van der Waals surface area contributed by atoms with Crippen LogP contribution in [0.3, 0.4) is 0 Å². The van der Waals surface area contributed by atoms with E-state index >= 15 is 0 Å². The van der Waals surface area contributed by atoms with Gasteiger partial charge in [-0.2, -0.15) is 10.2 Å². The molecule has 1 aromatic heterocycles. The number of morpholine rings is 1. The number of hydrogen-bond donors (Lipinski definition) is 1. The van der Waals surface area contributed by atoms with Gasteiger partial charge in [-0.15, -0.1) is 0 Å². The Bertz CT molecular complexity index is 995. The van der Waals surface area contributed by atoms with Crippen molar-refractivity contribution in [1.82, 2.24) is 20.1 Å². The lowest BCUT2D eigenvalue weighted by molar-refractivity contribution is 0.0531. The third-order valence-corrected chi connectivity index (χ3v) is 5.66. The Balaban J connectivity index is 1.52. The highest BCUT2D eigenvalue weighted by atomic mass is 16.5. The van der Waals surface area contributed by atoms with Crippen LogP contribution in [0.2, 0.25) is 0 Å². The van der Waals surface area contributed by atoms with Crippen molar-refractivity contribution in [1.29, 1.82) is 0 Å². The minimum atomic E-state index is -0.0126. The van der Waals surface area contributed by atoms with Gasteiger partial charge in [-0.05, 0) is 44.0 Å². The van der Waals surface area contributed by atoms with Crippen molar-refractivity contribution in [3.63, 3.8) is 0 Å². The third-order valence-electron chi connectivity index (χ3n) is 5.66. The molecule has 0 radical (unpaired) electrons. The van der Waals surface area contributed by atoms with Gasteiger partial charge in [-0.1, -0.05) is 6.58 Å². The topological polar surface area (TPSA) is 66.0 Å². The second-order valence-electron chi connectivity index (χ2n) is 7.92. The molecule has 1 saturated carbocycles. The second-order valence-corrected chi connectivity index (χ2v) is 7.92. The molecule has 7 heteroatoms. The molecule has 7 nitrogen and oxygen atoms in total. The van der Waals surface area contributed by atoms with E-state index in [4.69, 9.17) is 14.6 Å². The van der Waals surface area contributed by atoms with E-state index in [-0.39, 0.29) is 5.60 Å². The van der Waals surface area contributed by atoms with Gasteiger partial charge in [-0.25, -0.2) is 0 Å². The molecule has 3 aliphatic rings. The van der Waals surface area contributed by atoms with Crippen molar-refractivity contribution < 1.29 is 9.47 Å². The van der Waals surface area contributed by atoms with Crippen LogP contribution in [0.4, 0.5) is 0 Å². The van der Waals surface area contributed by atoms with Crippen LogP contribution in [0.25, 0.3) is 10.9 Å². The van der Waals surface area contributed by atoms with Gasteiger partial charge in [0.2, 0.25) is 0 Å². The molecule has 5 rings (SSSR count). The molecule has 3 heterocycles. The third kappa shape index (κ3) is 3.05. The van der Waals surface area contributed by atoms with Gasteiger partial charge in [-0.3, -0.25) is 10.1 Å². The number of rotatable bonds is 4. The van der Waals surface area contributed by atoms with E-state index in [1.807, 2.05) is 24.2 Å². The number of aromatic amines is 1. The Morgan fingerprint density at radius 2 is 2.04 bits per heavy atom. The largest absolute Gasteiger partial charge is 0.488 e. The van der Waals surface area contributed by atoms with E-state index in [9.17, 15) is 0 Å². The Kier molecular flexibility index (Phi) is 3.94. The zero-order chi connectivity index (χ0) is 19.3. The monoisotopic (exact) mass is 379 g/mol. The first-order chi connectivity index (χ1) is 13.5. The Hall–Kier alpha value is -2.80. The van der Waals surface area contributed by atoms with E-state index in [1.165, 1.54) is 0 Å². The molecule has 1 saturated heterocycles. The van der Waals surface area contributed by atoms with Crippen molar-refractivity contribution in [2.45, 2.75) is 25.4 Å².